The smallest absolute Gasteiger partial charge is 0.136 e. The molecule has 0 aliphatic carbocycles. The highest BCUT2D eigenvalue weighted by molar-refractivity contribution is 5.92. The molecule has 19 heavy (non-hydrogen) atoms. The molecule has 2 heterocycles. The molecule has 3 rings (SSSR count). The number of benzene rings is 1. The number of pyridine rings is 1. The number of rotatable bonds is 1. The Kier molecular flexibility index (Phi) is 3.06. The molecule has 1 aliphatic heterocycles. The number of piperidine rings is 1. The van der Waals surface area contributed by atoms with Gasteiger partial charge in [-0.05, 0) is 25.0 Å². The third-order valence-corrected chi connectivity index (χ3v) is 3.61. The molecule has 2 aromatic rings. The SMILES string of the molecule is NC1CCN(c2nccc3c(F)cc(F)cc23)CC1. The third-order valence-electron chi connectivity index (χ3n) is 3.61. The molecule has 5 heteroatoms. The van der Waals surface area contributed by atoms with Crippen molar-refractivity contribution < 1.29 is 8.78 Å². The van der Waals surface area contributed by atoms with E-state index in [0.29, 0.717) is 16.6 Å². The molecule has 0 bridgehead atoms. The van der Waals surface area contributed by atoms with Crippen molar-refractivity contribution in [3.63, 3.8) is 0 Å². The van der Waals surface area contributed by atoms with E-state index in [1.807, 2.05) is 4.90 Å². The highest BCUT2D eigenvalue weighted by Crippen LogP contribution is 2.28. The summed E-state index contributed by atoms with van der Waals surface area (Å²) in [6.45, 7) is 1.54. The molecule has 0 radical (unpaired) electrons. The molecule has 1 aromatic heterocycles. The minimum absolute atomic E-state index is 0.208. The van der Waals surface area contributed by atoms with E-state index < -0.39 is 11.6 Å². The summed E-state index contributed by atoms with van der Waals surface area (Å²) in [4.78, 5) is 6.34. The zero-order valence-electron chi connectivity index (χ0n) is 10.4. The van der Waals surface area contributed by atoms with Crippen LogP contribution < -0.4 is 10.6 Å². The maximum absolute atomic E-state index is 13.7. The van der Waals surface area contributed by atoms with Crippen LogP contribution in [0.4, 0.5) is 14.6 Å². The number of aromatic nitrogens is 1. The Labute approximate surface area is 110 Å². The van der Waals surface area contributed by atoms with Crippen LogP contribution in [0.5, 0.6) is 0 Å². The first kappa shape index (κ1) is 12.3. The number of hydrogen-bond donors (Lipinski definition) is 1. The summed E-state index contributed by atoms with van der Waals surface area (Å²) in [5.74, 6) is -0.483. The normalized spacial score (nSPS) is 17.1. The fraction of sp³-hybridized carbons (Fsp3) is 0.357. The molecule has 1 fully saturated rings. The van der Waals surface area contributed by atoms with Crippen molar-refractivity contribution in [1.29, 1.82) is 0 Å². The van der Waals surface area contributed by atoms with Crippen LogP contribution in [-0.2, 0) is 0 Å². The maximum atomic E-state index is 13.7. The van der Waals surface area contributed by atoms with E-state index in [4.69, 9.17) is 5.73 Å². The van der Waals surface area contributed by atoms with Crippen molar-refractivity contribution in [3.05, 3.63) is 36.0 Å². The van der Waals surface area contributed by atoms with E-state index in [1.54, 1.807) is 12.3 Å². The standard InChI is InChI=1S/C14H15F2N3/c15-9-7-12-11(13(16)8-9)1-4-18-14(12)19-5-2-10(17)3-6-19/h1,4,7-8,10H,2-3,5-6,17H2. The first-order valence-corrected chi connectivity index (χ1v) is 6.39. The van der Waals surface area contributed by atoms with Gasteiger partial charge in [-0.15, -0.1) is 0 Å². The van der Waals surface area contributed by atoms with Gasteiger partial charge in [-0.1, -0.05) is 0 Å². The van der Waals surface area contributed by atoms with E-state index in [9.17, 15) is 8.78 Å². The van der Waals surface area contributed by atoms with Gasteiger partial charge in [0.05, 0.1) is 0 Å². The summed E-state index contributed by atoms with van der Waals surface area (Å²) >= 11 is 0. The number of hydrogen-bond acceptors (Lipinski definition) is 3. The Balaban J connectivity index is 2.08. The molecule has 0 saturated carbocycles. The molecule has 1 saturated heterocycles. The van der Waals surface area contributed by atoms with Crippen LogP contribution in [0.3, 0.4) is 0 Å². The fourth-order valence-electron chi connectivity index (χ4n) is 2.55. The predicted molar refractivity (Wildman–Crippen MR) is 71.1 cm³/mol. The van der Waals surface area contributed by atoms with Crippen molar-refractivity contribution in [2.75, 3.05) is 18.0 Å². The van der Waals surface area contributed by atoms with Crippen LogP contribution in [0.15, 0.2) is 24.4 Å². The first-order valence-electron chi connectivity index (χ1n) is 6.39. The second-order valence-corrected chi connectivity index (χ2v) is 4.94. The molecule has 2 N–H and O–H groups in total. The quantitative estimate of drug-likeness (QED) is 0.859. The van der Waals surface area contributed by atoms with Crippen LogP contribution in [0.25, 0.3) is 10.8 Å². The second kappa shape index (κ2) is 4.74. The van der Waals surface area contributed by atoms with Gasteiger partial charge in [0.25, 0.3) is 0 Å². The lowest BCUT2D eigenvalue weighted by Crippen LogP contribution is -2.40. The van der Waals surface area contributed by atoms with Gasteiger partial charge in [-0.2, -0.15) is 0 Å². The van der Waals surface area contributed by atoms with E-state index in [1.165, 1.54) is 6.07 Å². The average Bonchev–Trinajstić information content (AvgIpc) is 2.39. The van der Waals surface area contributed by atoms with E-state index in [0.717, 1.165) is 32.0 Å². The number of fused-ring (bicyclic) bond motifs is 1. The lowest BCUT2D eigenvalue weighted by Gasteiger charge is -2.31. The average molecular weight is 263 g/mol. The lowest BCUT2D eigenvalue weighted by atomic mass is 10.0. The second-order valence-electron chi connectivity index (χ2n) is 4.94. The molecule has 1 aromatic carbocycles. The van der Waals surface area contributed by atoms with Gasteiger partial charge in [0.15, 0.2) is 0 Å². The van der Waals surface area contributed by atoms with E-state index in [-0.39, 0.29) is 6.04 Å². The van der Waals surface area contributed by atoms with Crippen LogP contribution in [0.2, 0.25) is 0 Å². The first-order chi connectivity index (χ1) is 9.15. The molecule has 0 atom stereocenters. The molecule has 0 spiro atoms. The molecular weight excluding hydrogens is 248 g/mol. The van der Waals surface area contributed by atoms with Crippen molar-refractivity contribution in [2.24, 2.45) is 5.73 Å². The Morgan fingerprint density at radius 3 is 2.63 bits per heavy atom. The van der Waals surface area contributed by atoms with Crippen molar-refractivity contribution in [2.45, 2.75) is 18.9 Å². The molecule has 0 unspecified atom stereocenters. The van der Waals surface area contributed by atoms with Gasteiger partial charge in [0, 0.05) is 42.2 Å². The zero-order valence-corrected chi connectivity index (χ0v) is 10.4. The monoisotopic (exact) mass is 263 g/mol. The summed E-state index contributed by atoms with van der Waals surface area (Å²) in [6.07, 6.45) is 3.30. The number of anilines is 1. The van der Waals surface area contributed by atoms with Crippen LogP contribution >= 0.6 is 0 Å². The Morgan fingerprint density at radius 1 is 1.16 bits per heavy atom. The number of nitrogens with two attached hydrogens (primary N) is 1. The molecule has 100 valence electrons. The van der Waals surface area contributed by atoms with Gasteiger partial charge >= 0.3 is 0 Å². The predicted octanol–water partition coefficient (Wildman–Crippen LogP) is 2.44. The van der Waals surface area contributed by atoms with Gasteiger partial charge < -0.3 is 10.6 Å². The van der Waals surface area contributed by atoms with Crippen molar-refractivity contribution >= 4 is 16.6 Å². The summed E-state index contributed by atoms with van der Waals surface area (Å²) in [5, 5.41) is 0.928. The lowest BCUT2D eigenvalue weighted by molar-refractivity contribution is 0.499. The summed E-state index contributed by atoms with van der Waals surface area (Å²) in [6, 6.07) is 4.02. The van der Waals surface area contributed by atoms with Gasteiger partial charge in [0.1, 0.15) is 17.5 Å². The molecule has 3 nitrogen and oxygen atoms in total. The topological polar surface area (TPSA) is 42.1 Å². The minimum atomic E-state index is -0.576. The van der Waals surface area contributed by atoms with Crippen LogP contribution in [0, 0.1) is 11.6 Å². The van der Waals surface area contributed by atoms with Crippen molar-refractivity contribution in [3.8, 4) is 0 Å². The third kappa shape index (κ3) is 2.26. The molecule has 0 amide bonds. The summed E-state index contributed by atoms with van der Waals surface area (Å²) < 4.78 is 27.2. The molecular formula is C14H15F2N3. The Morgan fingerprint density at radius 2 is 1.89 bits per heavy atom. The van der Waals surface area contributed by atoms with Crippen LogP contribution in [-0.4, -0.2) is 24.1 Å². The van der Waals surface area contributed by atoms with Gasteiger partial charge in [0.2, 0.25) is 0 Å². The summed E-state index contributed by atoms with van der Waals surface area (Å²) in [7, 11) is 0. The fourth-order valence-corrected chi connectivity index (χ4v) is 2.55. The summed E-state index contributed by atoms with van der Waals surface area (Å²) in [5.41, 5.74) is 5.87. The number of halogens is 2. The highest BCUT2D eigenvalue weighted by Gasteiger charge is 2.20. The maximum Gasteiger partial charge on any atom is 0.136 e. The zero-order chi connectivity index (χ0) is 13.4. The largest absolute Gasteiger partial charge is 0.356 e. The Bertz CT molecular complexity index is 607. The van der Waals surface area contributed by atoms with Crippen molar-refractivity contribution in [1.82, 2.24) is 4.98 Å². The van der Waals surface area contributed by atoms with Gasteiger partial charge in [-0.3, -0.25) is 0 Å². The minimum Gasteiger partial charge on any atom is -0.356 e. The molecule has 1 aliphatic rings. The van der Waals surface area contributed by atoms with E-state index >= 15 is 0 Å². The Hall–Kier alpha value is -1.75. The van der Waals surface area contributed by atoms with E-state index in [2.05, 4.69) is 4.98 Å². The number of nitrogens with zero attached hydrogens (tertiary/aromatic N) is 2. The van der Waals surface area contributed by atoms with Crippen LogP contribution in [0.1, 0.15) is 12.8 Å². The van der Waals surface area contributed by atoms with Gasteiger partial charge in [-0.25, -0.2) is 13.8 Å². The highest BCUT2D eigenvalue weighted by atomic mass is 19.1.